The second kappa shape index (κ2) is 4.49. The number of carbonyl (C=O) groups is 1. The molecule has 2 rings (SSSR count). The molecule has 86 valence electrons. The Bertz CT molecular complexity index is 233. The van der Waals surface area contributed by atoms with Crippen LogP contribution in [0.5, 0.6) is 0 Å². The van der Waals surface area contributed by atoms with Gasteiger partial charge in [0.15, 0.2) is 0 Å². The molecule has 0 aromatic heterocycles. The average molecular weight is 212 g/mol. The second-order valence-electron chi connectivity index (χ2n) is 4.84. The minimum atomic E-state index is -0.315. The van der Waals surface area contributed by atoms with Crippen molar-refractivity contribution in [2.24, 2.45) is 5.92 Å². The summed E-state index contributed by atoms with van der Waals surface area (Å²) in [7, 11) is 0. The Labute approximate surface area is 90.4 Å². The third kappa shape index (κ3) is 2.32. The quantitative estimate of drug-likeness (QED) is 0.618. The molecule has 0 bridgehead atoms. The fourth-order valence-electron chi connectivity index (χ4n) is 2.39. The van der Waals surface area contributed by atoms with Gasteiger partial charge in [-0.3, -0.25) is 4.79 Å². The van der Waals surface area contributed by atoms with Crippen molar-refractivity contribution in [1.82, 2.24) is 10.6 Å². The molecular weight excluding hydrogens is 192 g/mol. The molecule has 2 aliphatic rings. The van der Waals surface area contributed by atoms with Crippen molar-refractivity contribution in [3.63, 3.8) is 0 Å². The number of aliphatic hydroxyl groups is 1. The van der Waals surface area contributed by atoms with E-state index in [1.165, 1.54) is 6.42 Å². The van der Waals surface area contributed by atoms with Crippen molar-refractivity contribution in [2.75, 3.05) is 19.7 Å². The van der Waals surface area contributed by atoms with Crippen LogP contribution < -0.4 is 10.6 Å². The predicted molar refractivity (Wildman–Crippen MR) is 57.4 cm³/mol. The van der Waals surface area contributed by atoms with Crippen molar-refractivity contribution in [3.05, 3.63) is 0 Å². The molecule has 1 heterocycles. The van der Waals surface area contributed by atoms with E-state index in [2.05, 4.69) is 10.6 Å². The number of aliphatic hydroxyl groups excluding tert-OH is 1. The number of hydrogen-bond donors (Lipinski definition) is 3. The zero-order valence-electron chi connectivity index (χ0n) is 9.09. The van der Waals surface area contributed by atoms with Crippen molar-refractivity contribution >= 4 is 5.91 Å². The maximum absolute atomic E-state index is 11.8. The van der Waals surface area contributed by atoms with Crippen molar-refractivity contribution in [3.8, 4) is 0 Å². The third-order valence-corrected chi connectivity index (χ3v) is 3.65. The Hall–Kier alpha value is -0.610. The van der Waals surface area contributed by atoms with E-state index in [1.807, 2.05) is 0 Å². The van der Waals surface area contributed by atoms with Gasteiger partial charge in [0.25, 0.3) is 0 Å². The molecule has 1 saturated heterocycles. The summed E-state index contributed by atoms with van der Waals surface area (Å²) in [5.41, 5.74) is -0.315. The van der Waals surface area contributed by atoms with Crippen molar-refractivity contribution < 1.29 is 9.90 Å². The molecule has 0 atom stereocenters. The summed E-state index contributed by atoms with van der Waals surface area (Å²) in [5.74, 6) is 0.236. The normalized spacial score (nSPS) is 25.7. The number of hydrogen-bond acceptors (Lipinski definition) is 3. The fourth-order valence-corrected chi connectivity index (χ4v) is 2.39. The monoisotopic (exact) mass is 212 g/mol. The van der Waals surface area contributed by atoms with Gasteiger partial charge in [0.05, 0.1) is 18.1 Å². The molecule has 0 aromatic carbocycles. The minimum absolute atomic E-state index is 0.0822. The lowest BCUT2D eigenvalue weighted by Gasteiger charge is -2.39. The second-order valence-corrected chi connectivity index (χ2v) is 4.84. The maximum atomic E-state index is 11.8. The lowest BCUT2D eigenvalue weighted by Crippen LogP contribution is -2.59. The first kappa shape index (κ1) is 10.9. The number of nitrogens with one attached hydrogen (secondary N) is 2. The van der Waals surface area contributed by atoms with E-state index in [4.69, 9.17) is 0 Å². The van der Waals surface area contributed by atoms with Crippen LogP contribution in [0.25, 0.3) is 0 Å². The average Bonchev–Trinajstić information content (AvgIpc) is 2.16. The molecule has 0 spiro atoms. The van der Waals surface area contributed by atoms with Gasteiger partial charge >= 0.3 is 0 Å². The highest BCUT2D eigenvalue weighted by atomic mass is 16.3. The van der Waals surface area contributed by atoms with E-state index >= 15 is 0 Å². The number of amides is 1. The van der Waals surface area contributed by atoms with Gasteiger partial charge in [-0.2, -0.15) is 0 Å². The molecule has 2 fully saturated rings. The number of rotatable bonds is 3. The van der Waals surface area contributed by atoms with Gasteiger partial charge in [-0.25, -0.2) is 0 Å². The first-order chi connectivity index (χ1) is 7.26. The molecule has 1 aliphatic carbocycles. The van der Waals surface area contributed by atoms with Crippen LogP contribution in [0.2, 0.25) is 0 Å². The molecule has 0 radical (unpaired) electrons. The van der Waals surface area contributed by atoms with E-state index in [9.17, 15) is 9.90 Å². The highest BCUT2D eigenvalue weighted by Crippen LogP contribution is 2.28. The van der Waals surface area contributed by atoms with Gasteiger partial charge in [-0.05, 0) is 12.8 Å². The van der Waals surface area contributed by atoms with Crippen LogP contribution in [0, 0.1) is 5.92 Å². The van der Waals surface area contributed by atoms with Gasteiger partial charge in [0, 0.05) is 13.1 Å². The van der Waals surface area contributed by atoms with E-state index < -0.39 is 0 Å². The van der Waals surface area contributed by atoms with Gasteiger partial charge in [-0.1, -0.05) is 19.3 Å². The molecule has 4 nitrogen and oxygen atoms in total. The van der Waals surface area contributed by atoms with Crippen LogP contribution in [-0.2, 0) is 4.79 Å². The van der Waals surface area contributed by atoms with Gasteiger partial charge in [0.2, 0.25) is 5.91 Å². The summed E-state index contributed by atoms with van der Waals surface area (Å²) >= 11 is 0. The zero-order chi connectivity index (χ0) is 10.7. The smallest absolute Gasteiger partial charge is 0.226 e. The SMILES string of the molecule is O=C(NC1(CO)CCCCC1)C1CNC1. The molecule has 0 aromatic rings. The first-order valence-electron chi connectivity index (χ1n) is 5.89. The standard InChI is InChI=1S/C11H20N2O2/c14-8-11(4-2-1-3-5-11)13-10(15)9-6-12-7-9/h9,12,14H,1-8H2,(H,13,15). The van der Waals surface area contributed by atoms with Crippen LogP contribution in [-0.4, -0.2) is 36.2 Å². The highest BCUT2D eigenvalue weighted by molar-refractivity contribution is 5.80. The summed E-state index contributed by atoms with van der Waals surface area (Å²) in [6, 6.07) is 0. The summed E-state index contributed by atoms with van der Waals surface area (Å²) in [6.07, 6.45) is 5.31. The molecule has 4 heteroatoms. The Kier molecular flexibility index (Phi) is 3.26. The summed E-state index contributed by atoms with van der Waals surface area (Å²) in [4.78, 5) is 11.8. The van der Waals surface area contributed by atoms with Gasteiger partial charge < -0.3 is 15.7 Å². The van der Waals surface area contributed by atoms with Crippen LogP contribution in [0.15, 0.2) is 0 Å². The molecular formula is C11H20N2O2. The Balaban J connectivity index is 1.90. The molecule has 1 aliphatic heterocycles. The van der Waals surface area contributed by atoms with Gasteiger partial charge in [0.1, 0.15) is 0 Å². The summed E-state index contributed by atoms with van der Waals surface area (Å²) < 4.78 is 0. The lowest BCUT2D eigenvalue weighted by molar-refractivity contribution is -0.129. The van der Waals surface area contributed by atoms with E-state index in [-0.39, 0.29) is 24.0 Å². The molecule has 1 saturated carbocycles. The summed E-state index contributed by atoms with van der Waals surface area (Å²) in [6.45, 7) is 1.65. The molecule has 1 amide bonds. The molecule has 15 heavy (non-hydrogen) atoms. The van der Waals surface area contributed by atoms with Crippen molar-refractivity contribution in [1.29, 1.82) is 0 Å². The fraction of sp³-hybridized carbons (Fsp3) is 0.909. The van der Waals surface area contributed by atoms with E-state index in [0.717, 1.165) is 38.8 Å². The molecule has 0 unspecified atom stereocenters. The number of carbonyl (C=O) groups excluding carboxylic acids is 1. The minimum Gasteiger partial charge on any atom is -0.394 e. The third-order valence-electron chi connectivity index (χ3n) is 3.65. The lowest BCUT2D eigenvalue weighted by atomic mass is 9.81. The van der Waals surface area contributed by atoms with Crippen LogP contribution in [0.4, 0.5) is 0 Å². The highest BCUT2D eigenvalue weighted by Gasteiger charge is 2.36. The van der Waals surface area contributed by atoms with Gasteiger partial charge in [-0.15, -0.1) is 0 Å². The van der Waals surface area contributed by atoms with E-state index in [0.29, 0.717) is 0 Å². The molecule has 3 N–H and O–H groups in total. The predicted octanol–water partition coefficient (Wildman–Crippen LogP) is 0.0172. The van der Waals surface area contributed by atoms with Crippen LogP contribution in [0.3, 0.4) is 0 Å². The van der Waals surface area contributed by atoms with E-state index in [1.54, 1.807) is 0 Å². The largest absolute Gasteiger partial charge is 0.394 e. The Morgan fingerprint density at radius 2 is 2.00 bits per heavy atom. The van der Waals surface area contributed by atoms with Crippen LogP contribution in [0.1, 0.15) is 32.1 Å². The topological polar surface area (TPSA) is 61.4 Å². The Morgan fingerprint density at radius 3 is 2.47 bits per heavy atom. The zero-order valence-corrected chi connectivity index (χ0v) is 9.09. The maximum Gasteiger partial charge on any atom is 0.226 e. The first-order valence-corrected chi connectivity index (χ1v) is 5.89. The van der Waals surface area contributed by atoms with Crippen molar-refractivity contribution in [2.45, 2.75) is 37.6 Å². The van der Waals surface area contributed by atoms with Crippen LogP contribution >= 0.6 is 0 Å². The Morgan fingerprint density at radius 1 is 1.33 bits per heavy atom. The summed E-state index contributed by atoms with van der Waals surface area (Å²) in [5, 5.41) is 15.6.